The van der Waals surface area contributed by atoms with Gasteiger partial charge in [0, 0.05) is 17.8 Å². The zero-order valence-corrected chi connectivity index (χ0v) is 15.7. The highest BCUT2D eigenvalue weighted by atomic mass is 32.1. The fourth-order valence-electron chi connectivity index (χ4n) is 3.23. The maximum absolute atomic E-state index is 12.1. The molecule has 1 aromatic carbocycles. The van der Waals surface area contributed by atoms with Gasteiger partial charge in [0.25, 0.3) is 0 Å². The number of thiazole rings is 1. The quantitative estimate of drug-likeness (QED) is 0.697. The number of hydrogen-bond acceptors (Lipinski definition) is 4. The van der Waals surface area contributed by atoms with Crippen LogP contribution in [0.3, 0.4) is 0 Å². The Balaban J connectivity index is 1.36. The second-order valence-corrected chi connectivity index (χ2v) is 7.59. The molecule has 1 aromatic heterocycles. The highest BCUT2D eigenvalue weighted by Gasteiger charge is 2.23. The summed E-state index contributed by atoms with van der Waals surface area (Å²) in [7, 11) is 0. The number of rotatable bonds is 8. The fraction of sp³-hybridized carbons (Fsp3) is 0.450. The van der Waals surface area contributed by atoms with Gasteiger partial charge in [-0.3, -0.25) is 9.59 Å². The van der Waals surface area contributed by atoms with E-state index in [1.807, 2.05) is 23.6 Å². The van der Waals surface area contributed by atoms with Crippen LogP contribution in [0.25, 0.3) is 0 Å². The molecule has 2 N–H and O–H groups in total. The van der Waals surface area contributed by atoms with Crippen LogP contribution in [-0.2, 0) is 22.4 Å². The van der Waals surface area contributed by atoms with E-state index in [9.17, 15) is 9.59 Å². The molecule has 1 aliphatic rings. The fourth-order valence-corrected chi connectivity index (χ4v) is 3.95. The Hall–Kier alpha value is -2.21. The van der Waals surface area contributed by atoms with Crippen molar-refractivity contribution in [1.82, 2.24) is 10.3 Å². The molecule has 0 atom stereocenters. The topological polar surface area (TPSA) is 71.1 Å². The van der Waals surface area contributed by atoms with Crippen molar-refractivity contribution in [2.24, 2.45) is 5.92 Å². The van der Waals surface area contributed by atoms with Gasteiger partial charge in [0.15, 0.2) is 5.13 Å². The van der Waals surface area contributed by atoms with Crippen LogP contribution in [0.4, 0.5) is 5.13 Å². The molecule has 0 radical (unpaired) electrons. The number of aromatic nitrogens is 1. The SMILES string of the molecule is O=C(Cc1csc(NC(=O)C2CCCC2)n1)NCCCc1ccccc1. The third-order valence-corrected chi connectivity index (χ3v) is 5.46. The van der Waals surface area contributed by atoms with E-state index in [2.05, 4.69) is 27.8 Å². The Morgan fingerprint density at radius 3 is 2.69 bits per heavy atom. The largest absolute Gasteiger partial charge is 0.356 e. The Morgan fingerprint density at radius 2 is 1.92 bits per heavy atom. The summed E-state index contributed by atoms with van der Waals surface area (Å²) in [6.45, 7) is 0.656. The number of nitrogens with zero attached hydrogens (tertiary/aromatic N) is 1. The van der Waals surface area contributed by atoms with Gasteiger partial charge < -0.3 is 10.6 Å². The van der Waals surface area contributed by atoms with Crippen molar-refractivity contribution >= 4 is 28.3 Å². The van der Waals surface area contributed by atoms with Gasteiger partial charge in [-0.2, -0.15) is 0 Å². The summed E-state index contributed by atoms with van der Waals surface area (Å²) in [6, 6.07) is 10.2. The normalized spacial score (nSPS) is 14.3. The number of hydrogen-bond donors (Lipinski definition) is 2. The molecular weight excluding hydrogens is 346 g/mol. The van der Waals surface area contributed by atoms with E-state index < -0.39 is 0 Å². The van der Waals surface area contributed by atoms with E-state index in [0.29, 0.717) is 17.4 Å². The standard InChI is InChI=1S/C20H25N3O2S/c24-18(21-12-6-9-15-7-2-1-3-8-15)13-17-14-26-20(22-17)23-19(25)16-10-4-5-11-16/h1-3,7-8,14,16H,4-6,9-13H2,(H,21,24)(H,22,23,25). The summed E-state index contributed by atoms with van der Waals surface area (Å²) in [5.74, 6) is 0.154. The number of nitrogens with one attached hydrogen (secondary N) is 2. The van der Waals surface area contributed by atoms with Crippen LogP contribution in [0.5, 0.6) is 0 Å². The summed E-state index contributed by atoms with van der Waals surface area (Å²) in [5, 5.41) is 8.25. The first kappa shape index (κ1) is 18.6. The van der Waals surface area contributed by atoms with Gasteiger partial charge in [-0.15, -0.1) is 11.3 Å². The second-order valence-electron chi connectivity index (χ2n) is 6.73. The van der Waals surface area contributed by atoms with Crippen LogP contribution in [0.2, 0.25) is 0 Å². The van der Waals surface area contributed by atoms with Crippen molar-refractivity contribution in [3.63, 3.8) is 0 Å². The van der Waals surface area contributed by atoms with Crippen LogP contribution in [-0.4, -0.2) is 23.3 Å². The zero-order chi connectivity index (χ0) is 18.2. The summed E-state index contributed by atoms with van der Waals surface area (Å²) in [6.07, 6.45) is 6.31. The molecule has 1 fully saturated rings. The number of amides is 2. The molecule has 6 heteroatoms. The number of carbonyl (C=O) groups excluding carboxylic acids is 2. The van der Waals surface area contributed by atoms with Crippen LogP contribution in [0, 0.1) is 5.92 Å². The number of carbonyl (C=O) groups is 2. The molecule has 2 aromatic rings. The Bertz CT molecular complexity index is 724. The lowest BCUT2D eigenvalue weighted by Gasteiger charge is -2.07. The molecule has 3 rings (SSSR count). The highest BCUT2D eigenvalue weighted by molar-refractivity contribution is 7.13. The van der Waals surface area contributed by atoms with Crippen molar-refractivity contribution in [1.29, 1.82) is 0 Å². The third-order valence-electron chi connectivity index (χ3n) is 4.66. The molecule has 26 heavy (non-hydrogen) atoms. The van der Waals surface area contributed by atoms with Crippen LogP contribution < -0.4 is 10.6 Å². The molecule has 5 nitrogen and oxygen atoms in total. The minimum Gasteiger partial charge on any atom is -0.356 e. The van der Waals surface area contributed by atoms with Crippen molar-refractivity contribution in [3.8, 4) is 0 Å². The smallest absolute Gasteiger partial charge is 0.229 e. The van der Waals surface area contributed by atoms with Crippen molar-refractivity contribution in [2.75, 3.05) is 11.9 Å². The van der Waals surface area contributed by atoms with E-state index in [4.69, 9.17) is 0 Å². The van der Waals surface area contributed by atoms with E-state index >= 15 is 0 Å². The molecule has 1 saturated carbocycles. The molecule has 138 valence electrons. The predicted molar refractivity (Wildman–Crippen MR) is 104 cm³/mol. The Kier molecular flexibility index (Phi) is 6.77. The molecule has 0 spiro atoms. The monoisotopic (exact) mass is 371 g/mol. The van der Waals surface area contributed by atoms with Crippen LogP contribution in [0.1, 0.15) is 43.4 Å². The predicted octanol–water partition coefficient (Wildman–Crippen LogP) is 3.56. The summed E-state index contributed by atoms with van der Waals surface area (Å²) in [4.78, 5) is 28.5. The first-order valence-corrected chi connectivity index (χ1v) is 10.1. The van der Waals surface area contributed by atoms with Gasteiger partial charge in [-0.25, -0.2) is 4.98 Å². The van der Waals surface area contributed by atoms with Gasteiger partial charge in [0.2, 0.25) is 11.8 Å². The van der Waals surface area contributed by atoms with Crippen LogP contribution >= 0.6 is 11.3 Å². The molecule has 0 bridgehead atoms. The van der Waals surface area contributed by atoms with Crippen molar-refractivity contribution < 1.29 is 9.59 Å². The van der Waals surface area contributed by atoms with E-state index in [1.54, 1.807) is 0 Å². The second kappa shape index (κ2) is 9.48. The first-order chi connectivity index (χ1) is 12.7. The van der Waals surface area contributed by atoms with Crippen molar-refractivity contribution in [3.05, 3.63) is 47.0 Å². The van der Waals surface area contributed by atoms with Crippen LogP contribution in [0.15, 0.2) is 35.7 Å². The van der Waals surface area contributed by atoms with Gasteiger partial charge in [-0.05, 0) is 31.2 Å². The minimum absolute atomic E-state index is 0.0305. The lowest BCUT2D eigenvalue weighted by Crippen LogP contribution is -2.26. The molecular formula is C20H25N3O2S. The molecule has 0 saturated heterocycles. The maximum atomic E-state index is 12.1. The van der Waals surface area contributed by atoms with Gasteiger partial charge in [-0.1, -0.05) is 43.2 Å². The number of anilines is 1. The summed E-state index contributed by atoms with van der Waals surface area (Å²) >= 11 is 1.38. The average Bonchev–Trinajstić information content (AvgIpc) is 3.32. The lowest BCUT2D eigenvalue weighted by molar-refractivity contribution is -0.120. The third kappa shape index (κ3) is 5.66. The molecule has 1 heterocycles. The van der Waals surface area contributed by atoms with Crippen molar-refractivity contribution in [2.45, 2.75) is 44.9 Å². The van der Waals surface area contributed by atoms with Gasteiger partial charge >= 0.3 is 0 Å². The maximum Gasteiger partial charge on any atom is 0.229 e. The molecule has 2 amide bonds. The minimum atomic E-state index is -0.0305. The first-order valence-electron chi connectivity index (χ1n) is 9.26. The lowest BCUT2D eigenvalue weighted by atomic mass is 10.1. The van der Waals surface area contributed by atoms with E-state index in [0.717, 1.165) is 38.5 Å². The zero-order valence-electron chi connectivity index (χ0n) is 14.9. The molecule has 1 aliphatic carbocycles. The number of benzene rings is 1. The molecule has 0 aliphatic heterocycles. The number of aryl methyl sites for hydroxylation is 1. The Morgan fingerprint density at radius 1 is 1.15 bits per heavy atom. The average molecular weight is 372 g/mol. The highest BCUT2D eigenvalue weighted by Crippen LogP contribution is 2.26. The summed E-state index contributed by atoms with van der Waals surface area (Å²) in [5.41, 5.74) is 1.99. The van der Waals surface area contributed by atoms with Gasteiger partial charge in [0.1, 0.15) is 0 Å². The van der Waals surface area contributed by atoms with E-state index in [-0.39, 0.29) is 24.2 Å². The van der Waals surface area contributed by atoms with E-state index in [1.165, 1.54) is 16.9 Å². The molecule has 0 unspecified atom stereocenters. The van der Waals surface area contributed by atoms with Gasteiger partial charge in [0.05, 0.1) is 12.1 Å². The Labute approximate surface area is 158 Å². The summed E-state index contributed by atoms with van der Waals surface area (Å²) < 4.78 is 0.